The van der Waals surface area contributed by atoms with E-state index in [1.807, 2.05) is 32.0 Å². The lowest BCUT2D eigenvalue weighted by atomic mass is 10.1. The Kier molecular flexibility index (Phi) is 7.65. The maximum atomic E-state index is 12.9. The Bertz CT molecular complexity index is 1280. The van der Waals surface area contributed by atoms with Crippen LogP contribution < -0.4 is 19.7 Å². The molecule has 0 saturated carbocycles. The summed E-state index contributed by atoms with van der Waals surface area (Å²) in [7, 11) is 1.54. The van der Waals surface area contributed by atoms with Crippen LogP contribution in [0.1, 0.15) is 37.9 Å². The molecule has 1 aliphatic heterocycles. The number of carbonyl (C=O) groups excluding carboxylic acids is 3. The van der Waals surface area contributed by atoms with Crippen LogP contribution in [-0.2, 0) is 16.1 Å². The summed E-state index contributed by atoms with van der Waals surface area (Å²) in [5.74, 6) is 0.277. The van der Waals surface area contributed by atoms with Crippen molar-refractivity contribution in [2.24, 2.45) is 0 Å². The predicted molar refractivity (Wildman–Crippen MR) is 130 cm³/mol. The van der Waals surface area contributed by atoms with Crippen LogP contribution in [0.2, 0.25) is 0 Å². The summed E-state index contributed by atoms with van der Waals surface area (Å²) in [6.45, 7) is 4.21. The highest BCUT2D eigenvalue weighted by molar-refractivity contribution is 6.02. The minimum Gasteiger partial charge on any atom is -0.485 e. The van der Waals surface area contributed by atoms with Gasteiger partial charge in [-0.1, -0.05) is 12.1 Å². The van der Waals surface area contributed by atoms with Gasteiger partial charge in [0.15, 0.2) is 24.7 Å². The van der Waals surface area contributed by atoms with E-state index in [0.29, 0.717) is 35.9 Å². The van der Waals surface area contributed by atoms with Gasteiger partial charge in [-0.15, -0.1) is 0 Å². The van der Waals surface area contributed by atoms with E-state index in [0.717, 1.165) is 11.1 Å². The summed E-state index contributed by atoms with van der Waals surface area (Å²) < 4.78 is 21.6. The van der Waals surface area contributed by atoms with Crippen LogP contribution in [0.4, 0.5) is 5.69 Å². The third kappa shape index (κ3) is 5.72. The van der Waals surface area contributed by atoms with Crippen molar-refractivity contribution in [3.05, 3.63) is 70.9 Å². The van der Waals surface area contributed by atoms with Gasteiger partial charge in [-0.3, -0.25) is 19.3 Å². The SMILES string of the molecule is COCCNC(=O)c1coc(CN2C(=O)COc3ccc(C(=O)COc4cc(C)ccc4C)cc32)n1. The fourth-order valence-electron chi connectivity index (χ4n) is 3.62. The molecule has 36 heavy (non-hydrogen) atoms. The minimum absolute atomic E-state index is 0.0306. The van der Waals surface area contributed by atoms with Gasteiger partial charge >= 0.3 is 0 Å². The zero-order chi connectivity index (χ0) is 25.7. The number of ketones is 1. The third-order valence-corrected chi connectivity index (χ3v) is 5.60. The summed E-state index contributed by atoms with van der Waals surface area (Å²) in [4.78, 5) is 43.3. The molecular weight excluding hydrogens is 466 g/mol. The number of carbonyl (C=O) groups is 3. The van der Waals surface area contributed by atoms with E-state index in [1.165, 1.54) is 18.3 Å². The smallest absolute Gasteiger partial charge is 0.273 e. The fourth-order valence-corrected chi connectivity index (χ4v) is 3.62. The lowest BCUT2D eigenvalue weighted by Gasteiger charge is -2.28. The Morgan fingerprint density at radius 3 is 2.81 bits per heavy atom. The van der Waals surface area contributed by atoms with Gasteiger partial charge < -0.3 is 23.9 Å². The predicted octanol–water partition coefficient (Wildman–Crippen LogP) is 2.85. The van der Waals surface area contributed by atoms with Crippen molar-refractivity contribution in [2.75, 3.05) is 38.4 Å². The number of oxazole rings is 1. The summed E-state index contributed by atoms with van der Waals surface area (Å²) in [6, 6.07) is 10.7. The van der Waals surface area contributed by atoms with Crippen molar-refractivity contribution in [3.8, 4) is 11.5 Å². The van der Waals surface area contributed by atoms with Crippen LogP contribution in [0.15, 0.2) is 47.1 Å². The molecule has 4 rings (SSSR count). The first-order valence-corrected chi connectivity index (χ1v) is 11.4. The van der Waals surface area contributed by atoms with E-state index in [2.05, 4.69) is 10.3 Å². The van der Waals surface area contributed by atoms with E-state index in [-0.39, 0.29) is 43.0 Å². The molecule has 2 aromatic carbocycles. The Balaban J connectivity index is 1.48. The average Bonchev–Trinajstić information content (AvgIpc) is 3.35. The van der Waals surface area contributed by atoms with Gasteiger partial charge in [0, 0.05) is 19.2 Å². The normalized spacial score (nSPS) is 12.6. The molecule has 1 N–H and O–H groups in total. The first kappa shape index (κ1) is 24.9. The first-order valence-electron chi connectivity index (χ1n) is 11.4. The van der Waals surface area contributed by atoms with Gasteiger partial charge in [0.25, 0.3) is 11.8 Å². The number of methoxy groups -OCH3 is 1. The Hall–Kier alpha value is -4.18. The van der Waals surface area contributed by atoms with Crippen molar-refractivity contribution in [3.63, 3.8) is 0 Å². The second kappa shape index (κ2) is 11.0. The Morgan fingerprint density at radius 1 is 1.17 bits per heavy atom. The second-order valence-corrected chi connectivity index (χ2v) is 8.31. The second-order valence-electron chi connectivity index (χ2n) is 8.31. The number of ether oxygens (including phenoxy) is 3. The molecule has 0 saturated heterocycles. The van der Waals surface area contributed by atoms with Crippen LogP contribution in [-0.4, -0.2) is 56.1 Å². The van der Waals surface area contributed by atoms with Crippen LogP contribution in [0, 0.1) is 13.8 Å². The van der Waals surface area contributed by atoms with Gasteiger partial charge in [-0.05, 0) is 49.2 Å². The number of anilines is 1. The summed E-state index contributed by atoms with van der Waals surface area (Å²) in [5, 5.41) is 2.66. The highest BCUT2D eigenvalue weighted by Gasteiger charge is 2.28. The molecule has 0 aliphatic carbocycles. The molecule has 0 bridgehead atoms. The van der Waals surface area contributed by atoms with E-state index >= 15 is 0 Å². The number of Topliss-reactive ketones (excluding diaryl/α,β-unsaturated/α-hetero) is 1. The average molecular weight is 494 g/mol. The van der Waals surface area contributed by atoms with Crippen molar-refractivity contribution < 1.29 is 33.0 Å². The van der Waals surface area contributed by atoms with E-state index in [9.17, 15) is 14.4 Å². The lowest BCUT2D eigenvalue weighted by molar-refractivity contribution is -0.121. The largest absolute Gasteiger partial charge is 0.485 e. The minimum atomic E-state index is -0.410. The number of rotatable bonds is 10. The van der Waals surface area contributed by atoms with Crippen molar-refractivity contribution in [1.29, 1.82) is 0 Å². The first-order chi connectivity index (χ1) is 17.4. The standard InChI is InChI=1S/C26H27N3O7/c1-16-4-5-17(2)23(10-16)34-14-21(30)18-6-7-22-20(11-18)29(25(31)15-35-22)12-24-28-19(13-36-24)26(32)27-8-9-33-3/h4-7,10-11,13H,8-9,12,14-15H2,1-3H3,(H,27,32). The molecule has 1 aliphatic rings. The number of fused-ring (bicyclic) bond motifs is 1. The van der Waals surface area contributed by atoms with Gasteiger partial charge in [-0.2, -0.15) is 0 Å². The monoisotopic (exact) mass is 493 g/mol. The van der Waals surface area contributed by atoms with Crippen LogP contribution in [0.25, 0.3) is 0 Å². The molecular formula is C26H27N3O7. The molecule has 0 unspecified atom stereocenters. The summed E-state index contributed by atoms with van der Waals surface area (Å²) in [5.41, 5.74) is 2.84. The molecule has 10 heteroatoms. The van der Waals surface area contributed by atoms with Gasteiger partial charge in [0.1, 0.15) is 24.3 Å². The third-order valence-electron chi connectivity index (χ3n) is 5.60. The van der Waals surface area contributed by atoms with E-state index in [1.54, 1.807) is 18.2 Å². The quantitative estimate of drug-likeness (QED) is 0.338. The summed E-state index contributed by atoms with van der Waals surface area (Å²) in [6.07, 6.45) is 1.23. The molecule has 10 nitrogen and oxygen atoms in total. The number of nitrogens with one attached hydrogen (secondary N) is 1. The molecule has 1 aromatic heterocycles. The number of hydrogen-bond acceptors (Lipinski definition) is 8. The molecule has 188 valence electrons. The number of hydrogen-bond donors (Lipinski definition) is 1. The van der Waals surface area contributed by atoms with E-state index in [4.69, 9.17) is 18.6 Å². The van der Waals surface area contributed by atoms with Gasteiger partial charge in [0.2, 0.25) is 5.89 Å². The van der Waals surface area contributed by atoms with Crippen molar-refractivity contribution >= 4 is 23.3 Å². The number of aromatic nitrogens is 1. The lowest BCUT2D eigenvalue weighted by Crippen LogP contribution is -2.38. The number of nitrogens with zero attached hydrogens (tertiary/aromatic N) is 2. The molecule has 0 radical (unpaired) electrons. The Labute approximate surface area is 208 Å². The topological polar surface area (TPSA) is 120 Å². The van der Waals surface area contributed by atoms with Gasteiger partial charge in [-0.25, -0.2) is 4.98 Å². The highest BCUT2D eigenvalue weighted by atomic mass is 16.5. The number of benzene rings is 2. The van der Waals surface area contributed by atoms with Crippen LogP contribution in [0.3, 0.4) is 0 Å². The van der Waals surface area contributed by atoms with Crippen LogP contribution in [0.5, 0.6) is 11.5 Å². The maximum Gasteiger partial charge on any atom is 0.273 e. The van der Waals surface area contributed by atoms with Crippen molar-refractivity contribution in [1.82, 2.24) is 10.3 Å². The Morgan fingerprint density at radius 2 is 2.00 bits per heavy atom. The molecule has 3 aromatic rings. The number of amides is 2. The molecule has 2 heterocycles. The molecule has 0 atom stereocenters. The van der Waals surface area contributed by atoms with E-state index < -0.39 is 5.91 Å². The molecule has 0 spiro atoms. The summed E-state index contributed by atoms with van der Waals surface area (Å²) >= 11 is 0. The zero-order valence-corrected chi connectivity index (χ0v) is 20.3. The molecule has 0 fully saturated rings. The van der Waals surface area contributed by atoms with Gasteiger partial charge in [0.05, 0.1) is 12.3 Å². The van der Waals surface area contributed by atoms with Crippen LogP contribution >= 0.6 is 0 Å². The maximum absolute atomic E-state index is 12.9. The number of aryl methyl sites for hydroxylation is 2. The highest BCUT2D eigenvalue weighted by Crippen LogP contribution is 2.34. The fraction of sp³-hybridized carbons (Fsp3) is 0.308. The van der Waals surface area contributed by atoms with Crippen molar-refractivity contribution in [2.45, 2.75) is 20.4 Å². The molecule has 2 amide bonds. The zero-order valence-electron chi connectivity index (χ0n) is 20.3.